The van der Waals surface area contributed by atoms with Crippen LogP contribution in [0.4, 0.5) is 4.39 Å². The Morgan fingerprint density at radius 1 is 1.16 bits per heavy atom. The van der Waals surface area contributed by atoms with Crippen molar-refractivity contribution in [3.63, 3.8) is 0 Å². The lowest BCUT2D eigenvalue weighted by atomic mass is 10.1. The molecule has 4 rings (SSSR count). The van der Waals surface area contributed by atoms with Crippen LogP contribution in [0.25, 0.3) is 10.2 Å². The van der Waals surface area contributed by atoms with E-state index in [4.69, 9.17) is 0 Å². The lowest BCUT2D eigenvalue weighted by Gasteiger charge is -2.14. The molecule has 0 saturated carbocycles. The fourth-order valence-electron chi connectivity index (χ4n) is 3.45. The van der Waals surface area contributed by atoms with Crippen LogP contribution in [0.3, 0.4) is 0 Å². The Hall–Kier alpha value is -3.04. The predicted octanol–water partition coefficient (Wildman–Crippen LogP) is 4.49. The molecule has 0 aliphatic carbocycles. The number of benzene rings is 2. The van der Waals surface area contributed by atoms with Gasteiger partial charge in [-0.2, -0.15) is 5.10 Å². The third-order valence-electron chi connectivity index (χ3n) is 5.23. The number of aromatic nitrogens is 2. The number of thiophene rings is 1. The number of sulfone groups is 1. The second-order valence-corrected chi connectivity index (χ2v) is 10.8. The Morgan fingerprint density at radius 2 is 1.81 bits per heavy atom. The highest BCUT2D eigenvalue weighted by molar-refractivity contribution is 7.90. The van der Waals surface area contributed by atoms with Crippen LogP contribution >= 0.6 is 11.3 Å². The molecule has 0 spiro atoms. The zero-order valence-corrected chi connectivity index (χ0v) is 19.4. The summed E-state index contributed by atoms with van der Waals surface area (Å²) < 4.78 is 38.3. The maximum absolute atomic E-state index is 13.2. The second kappa shape index (κ2) is 8.48. The summed E-state index contributed by atoms with van der Waals surface area (Å²) >= 11 is 1.35. The highest BCUT2D eigenvalue weighted by Gasteiger charge is 2.19. The topological polar surface area (TPSA) is 81.1 Å². The molecule has 0 fully saturated rings. The van der Waals surface area contributed by atoms with Crippen LogP contribution in [0, 0.1) is 12.7 Å². The Bertz CT molecular complexity index is 1390. The number of carbonyl (C=O) groups excluding carboxylic acids is 1. The summed E-state index contributed by atoms with van der Waals surface area (Å²) in [5.41, 5.74) is 2.55. The first kappa shape index (κ1) is 22.2. The van der Waals surface area contributed by atoms with E-state index in [0.29, 0.717) is 11.4 Å². The summed E-state index contributed by atoms with van der Waals surface area (Å²) in [4.78, 5) is 14.6. The molecular formula is C23H22FN3O3S2. The molecule has 1 atom stereocenters. The summed E-state index contributed by atoms with van der Waals surface area (Å²) in [7, 11) is -3.27. The highest BCUT2D eigenvalue weighted by Crippen LogP contribution is 2.29. The van der Waals surface area contributed by atoms with Gasteiger partial charge in [-0.1, -0.05) is 24.3 Å². The van der Waals surface area contributed by atoms with Crippen molar-refractivity contribution in [1.29, 1.82) is 0 Å². The van der Waals surface area contributed by atoms with E-state index >= 15 is 0 Å². The number of nitrogens with zero attached hydrogens (tertiary/aromatic N) is 2. The van der Waals surface area contributed by atoms with Crippen LogP contribution < -0.4 is 5.32 Å². The van der Waals surface area contributed by atoms with Gasteiger partial charge in [0.15, 0.2) is 9.84 Å². The summed E-state index contributed by atoms with van der Waals surface area (Å²) in [5.74, 6) is -0.496. The maximum Gasteiger partial charge on any atom is 0.261 e. The van der Waals surface area contributed by atoms with Gasteiger partial charge in [0.25, 0.3) is 5.91 Å². The Labute approximate surface area is 189 Å². The quantitative estimate of drug-likeness (QED) is 0.449. The lowest BCUT2D eigenvalue weighted by Crippen LogP contribution is -2.25. The maximum atomic E-state index is 13.2. The van der Waals surface area contributed by atoms with Gasteiger partial charge in [0.1, 0.15) is 10.6 Å². The molecule has 0 bridgehead atoms. The monoisotopic (exact) mass is 471 g/mol. The number of rotatable bonds is 6. The smallest absolute Gasteiger partial charge is 0.261 e. The third kappa shape index (κ3) is 4.58. The molecule has 0 radical (unpaired) electrons. The summed E-state index contributed by atoms with van der Waals surface area (Å²) in [6, 6.07) is 14.3. The molecule has 6 nitrogen and oxygen atoms in total. The first-order valence-corrected chi connectivity index (χ1v) is 12.6. The summed E-state index contributed by atoms with van der Waals surface area (Å²) in [6.07, 6.45) is 1.16. The minimum absolute atomic E-state index is 0.210. The van der Waals surface area contributed by atoms with Crippen LogP contribution in [0.15, 0.2) is 59.5 Å². The fourth-order valence-corrected chi connectivity index (χ4v) is 5.14. The third-order valence-corrected chi connectivity index (χ3v) is 7.51. The van der Waals surface area contributed by atoms with Gasteiger partial charge in [-0.25, -0.2) is 12.8 Å². The fraction of sp³-hybridized carbons (Fsp3) is 0.217. The van der Waals surface area contributed by atoms with Crippen molar-refractivity contribution in [3.05, 3.63) is 82.1 Å². The van der Waals surface area contributed by atoms with Crippen LogP contribution in [0.1, 0.15) is 39.5 Å². The molecule has 2 heterocycles. The van der Waals surface area contributed by atoms with E-state index in [-0.39, 0.29) is 22.7 Å². The number of hydrogen-bond donors (Lipinski definition) is 1. The average molecular weight is 472 g/mol. The van der Waals surface area contributed by atoms with Crippen LogP contribution in [0.5, 0.6) is 0 Å². The molecule has 166 valence electrons. The lowest BCUT2D eigenvalue weighted by molar-refractivity contribution is 0.0944. The van der Waals surface area contributed by atoms with Gasteiger partial charge >= 0.3 is 0 Å². The van der Waals surface area contributed by atoms with E-state index in [1.807, 2.05) is 24.6 Å². The first-order valence-electron chi connectivity index (χ1n) is 9.94. The second-order valence-electron chi connectivity index (χ2n) is 7.74. The molecule has 9 heteroatoms. The molecule has 1 N–H and O–H groups in total. The summed E-state index contributed by atoms with van der Waals surface area (Å²) in [5, 5.41) is 8.43. The number of fused-ring (bicyclic) bond motifs is 1. The number of halogens is 1. The van der Waals surface area contributed by atoms with E-state index in [0.717, 1.165) is 33.3 Å². The first-order chi connectivity index (χ1) is 15.1. The number of aryl methyl sites for hydroxylation is 1. The van der Waals surface area contributed by atoms with Crippen LogP contribution in [-0.4, -0.2) is 30.4 Å². The van der Waals surface area contributed by atoms with E-state index < -0.39 is 9.84 Å². The molecule has 0 aliphatic rings. The Kier molecular flexibility index (Phi) is 5.87. The largest absolute Gasteiger partial charge is 0.345 e. The van der Waals surface area contributed by atoms with Gasteiger partial charge in [-0.05, 0) is 55.3 Å². The highest BCUT2D eigenvalue weighted by atomic mass is 32.2. The molecule has 4 aromatic rings. The molecule has 1 unspecified atom stereocenters. The molecular weight excluding hydrogens is 449 g/mol. The summed E-state index contributed by atoms with van der Waals surface area (Å²) in [6.45, 7) is 4.22. The minimum Gasteiger partial charge on any atom is -0.345 e. The average Bonchev–Trinajstić information content (AvgIpc) is 3.30. The number of nitrogens with one attached hydrogen (secondary N) is 1. The van der Waals surface area contributed by atoms with Crippen molar-refractivity contribution in [2.75, 3.05) is 6.26 Å². The normalized spacial score (nSPS) is 12.8. The van der Waals surface area contributed by atoms with E-state index in [1.165, 1.54) is 23.5 Å². The number of carbonyl (C=O) groups is 1. The van der Waals surface area contributed by atoms with Gasteiger partial charge in [0, 0.05) is 11.6 Å². The molecule has 0 saturated heterocycles. The molecule has 1 amide bonds. The Balaban J connectivity index is 1.53. The van der Waals surface area contributed by atoms with Crippen molar-refractivity contribution in [1.82, 2.24) is 15.1 Å². The van der Waals surface area contributed by atoms with Gasteiger partial charge < -0.3 is 5.32 Å². The van der Waals surface area contributed by atoms with Crippen molar-refractivity contribution in [2.24, 2.45) is 0 Å². The van der Waals surface area contributed by atoms with Gasteiger partial charge in [0.2, 0.25) is 0 Å². The minimum atomic E-state index is -3.27. The molecule has 0 aliphatic heterocycles. The van der Waals surface area contributed by atoms with Crippen LogP contribution in [0.2, 0.25) is 0 Å². The standard InChI is InChI=1S/C23H22FN3O3S2/c1-14(17-6-10-19(11-7-17)32(3,29)30)25-22(28)21-12-20-15(2)26-27(23(20)31-21)13-16-4-8-18(24)9-5-16/h4-12,14H,13H2,1-3H3,(H,25,28). The van der Waals surface area contributed by atoms with E-state index in [9.17, 15) is 17.6 Å². The van der Waals surface area contributed by atoms with E-state index in [1.54, 1.807) is 36.4 Å². The van der Waals surface area contributed by atoms with Gasteiger partial charge in [-0.15, -0.1) is 11.3 Å². The predicted molar refractivity (Wildman–Crippen MR) is 123 cm³/mol. The van der Waals surface area contributed by atoms with E-state index in [2.05, 4.69) is 10.4 Å². The van der Waals surface area contributed by atoms with Crippen LogP contribution in [-0.2, 0) is 16.4 Å². The zero-order valence-electron chi connectivity index (χ0n) is 17.8. The van der Waals surface area contributed by atoms with Gasteiger partial charge in [0.05, 0.1) is 28.1 Å². The van der Waals surface area contributed by atoms with Crippen molar-refractivity contribution in [3.8, 4) is 0 Å². The Morgan fingerprint density at radius 3 is 2.44 bits per heavy atom. The number of hydrogen-bond acceptors (Lipinski definition) is 5. The number of amides is 1. The molecule has 2 aromatic heterocycles. The zero-order chi connectivity index (χ0) is 23.0. The van der Waals surface area contributed by atoms with Crippen molar-refractivity contribution >= 4 is 37.3 Å². The molecule has 32 heavy (non-hydrogen) atoms. The molecule has 2 aromatic carbocycles. The van der Waals surface area contributed by atoms with Gasteiger partial charge in [-0.3, -0.25) is 9.48 Å². The SMILES string of the molecule is Cc1nn(Cc2ccc(F)cc2)c2sc(C(=O)NC(C)c3ccc(S(C)(=O)=O)cc3)cc12. The van der Waals surface area contributed by atoms with Crippen molar-refractivity contribution in [2.45, 2.75) is 31.3 Å². The van der Waals surface area contributed by atoms with Crippen molar-refractivity contribution < 1.29 is 17.6 Å².